The largest absolute Gasteiger partial charge is 0.464 e. The Bertz CT molecular complexity index is 686. The number of ether oxygens (including phenoxy) is 1. The summed E-state index contributed by atoms with van der Waals surface area (Å²) in [6.45, 7) is 7.54. The van der Waals surface area contributed by atoms with E-state index in [1.165, 1.54) is 6.92 Å². The lowest BCUT2D eigenvalue weighted by molar-refractivity contribution is -0.141. The van der Waals surface area contributed by atoms with E-state index < -0.39 is 0 Å². The van der Waals surface area contributed by atoms with Gasteiger partial charge in [0.25, 0.3) is 0 Å². The van der Waals surface area contributed by atoms with Crippen LogP contribution < -0.4 is 0 Å². The Hall–Kier alpha value is -2.36. The van der Waals surface area contributed by atoms with E-state index >= 15 is 0 Å². The van der Waals surface area contributed by atoms with E-state index in [0.717, 1.165) is 11.4 Å². The van der Waals surface area contributed by atoms with Crippen molar-refractivity contribution in [3.63, 3.8) is 0 Å². The van der Waals surface area contributed by atoms with Crippen LogP contribution >= 0.6 is 0 Å². The molecule has 0 N–H and O–H groups in total. The van der Waals surface area contributed by atoms with Crippen LogP contribution in [0.3, 0.4) is 0 Å². The molecule has 116 valence electrons. The van der Waals surface area contributed by atoms with Gasteiger partial charge in [0.15, 0.2) is 5.78 Å². The number of aryl methyl sites for hydroxylation is 1. The molecule has 0 amide bonds. The van der Waals surface area contributed by atoms with E-state index in [1.807, 2.05) is 61.7 Å². The van der Waals surface area contributed by atoms with Gasteiger partial charge in [-0.05, 0) is 26.8 Å². The summed E-state index contributed by atoms with van der Waals surface area (Å²) in [7, 11) is 0. The molecule has 0 aliphatic heterocycles. The van der Waals surface area contributed by atoms with Gasteiger partial charge in [-0.1, -0.05) is 30.3 Å². The quantitative estimate of drug-likeness (QED) is 0.627. The topological polar surface area (TPSA) is 48.3 Å². The minimum Gasteiger partial charge on any atom is -0.464 e. The Morgan fingerprint density at radius 3 is 2.41 bits per heavy atom. The third kappa shape index (κ3) is 3.27. The van der Waals surface area contributed by atoms with Gasteiger partial charge in [-0.3, -0.25) is 9.59 Å². The number of hydrogen-bond donors (Lipinski definition) is 0. The summed E-state index contributed by atoms with van der Waals surface area (Å²) in [6.07, 6.45) is 0. The molecule has 0 bridgehead atoms. The second kappa shape index (κ2) is 6.60. The Labute approximate surface area is 130 Å². The zero-order chi connectivity index (χ0) is 16.3. The molecule has 2 rings (SSSR count). The summed E-state index contributed by atoms with van der Waals surface area (Å²) in [5.74, 6) is -0.283. The fourth-order valence-electron chi connectivity index (χ4n) is 2.74. The highest BCUT2D eigenvalue weighted by Crippen LogP contribution is 2.23. The van der Waals surface area contributed by atoms with Gasteiger partial charge < -0.3 is 9.30 Å². The van der Waals surface area contributed by atoms with E-state index in [4.69, 9.17) is 4.74 Å². The highest BCUT2D eigenvalue weighted by molar-refractivity contribution is 6.09. The molecule has 1 atom stereocenters. The number of benzene rings is 1. The molecule has 0 aliphatic carbocycles. The van der Waals surface area contributed by atoms with Crippen LogP contribution in [0.1, 0.15) is 47.2 Å². The fourth-order valence-corrected chi connectivity index (χ4v) is 2.74. The Morgan fingerprint density at radius 1 is 1.18 bits per heavy atom. The van der Waals surface area contributed by atoms with Gasteiger partial charge in [-0.25, -0.2) is 0 Å². The van der Waals surface area contributed by atoms with Gasteiger partial charge in [0.1, 0.15) is 6.61 Å². The molecule has 0 aliphatic rings. The average molecular weight is 299 g/mol. The SMILES string of the molecule is CC(=O)OC[C@H](C)n1c(C)cc(C(=O)c2ccccc2)c1C. The van der Waals surface area contributed by atoms with Crippen LogP contribution in [0.2, 0.25) is 0 Å². The molecule has 0 radical (unpaired) electrons. The maximum absolute atomic E-state index is 12.6. The number of carbonyl (C=O) groups is 2. The Morgan fingerprint density at radius 2 is 1.82 bits per heavy atom. The zero-order valence-electron chi connectivity index (χ0n) is 13.4. The molecule has 0 saturated carbocycles. The van der Waals surface area contributed by atoms with Crippen molar-refractivity contribution in [2.45, 2.75) is 33.7 Å². The molecule has 0 saturated heterocycles. The monoisotopic (exact) mass is 299 g/mol. The third-order valence-corrected chi connectivity index (χ3v) is 3.73. The van der Waals surface area contributed by atoms with Crippen molar-refractivity contribution < 1.29 is 14.3 Å². The van der Waals surface area contributed by atoms with E-state index in [2.05, 4.69) is 0 Å². The molecule has 1 aromatic carbocycles. The highest BCUT2D eigenvalue weighted by Gasteiger charge is 2.20. The number of hydrogen-bond acceptors (Lipinski definition) is 3. The first-order valence-electron chi connectivity index (χ1n) is 7.33. The second-order valence-corrected chi connectivity index (χ2v) is 5.50. The molecule has 0 spiro atoms. The number of rotatable bonds is 5. The van der Waals surface area contributed by atoms with Crippen molar-refractivity contribution in [2.24, 2.45) is 0 Å². The molecule has 1 heterocycles. The number of esters is 1. The van der Waals surface area contributed by atoms with Gasteiger partial charge in [0.2, 0.25) is 0 Å². The fraction of sp³-hybridized carbons (Fsp3) is 0.333. The van der Waals surface area contributed by atoms with Crippen LogP contribution in [-0.4, -0.2) is 22.9 Å². The summed E-state index contributed by atoms with van der Waals surface area (Å²) >= 11 is 0. The minimum absolute atomic E-state index is 0.0128. The standard InChI is InChI=1S/C18H21NO3/c1-12-10-17(18(21)16-8-6-5-7-9-16)14(3)19(12)13(2)11-22-15(4)20/h5-10,13H,11H2,1-4H3/t13-/m0/s1. The zero-order valence-corrected chi connectivity index (χ0v) is 13.4. The molecule has 4 nitrogen and oxygen atoms in total. The second-order valence-electron chi connectivity index (χ2n) is 5.50. The molecule has 0 unspecified atom stereocenters. The number of ketones is 1. The summed E-state index contributed by atoms with van der Waals surface area (Å²) in [4.78, 5) is 23.6. The van der Waals surface area contributed by atoms with E-state index in [1.54, 1.807) is 0 Å². The Kier molecular flexibility index (Phi) is 4.81. The molecule has 1 aromatic heterocycles. The molecular weight excluding hydrogens is 278 g/mol. The summed E-state index contributed by atoms with van der Waals surface area (Å²) in [5, 5.41) is 0. The maximum Gasteiger partial charge on any atom is 0.302 e. The minimum atomic E-state index is -0.296. The number of aromatic nitrogens is 1. The highest BCUT2D eigenvalue weighted by atomic mass is 16.5. The summed E-state index contributed by atoms with van der Waals surface area (Å²) < 4.78 is 7.12. The van der Waals surface area contributed by atoms with Crippen molar-refractivity contribution in [3.05, 3.63) is 58.9 Å². The molecule has 2 aromatic rings. The first kappa shape index (κ1) is 16.0. The van der Waals surface area contributed by atoms with Gasteiger partial charge in [-0.2, -0.15) is 0 Å². The smallest absolute Gasteiger partial charge is 0.302 e. The predicted octanol–water partition coefficient (Wildman–Crippen LogP) is 3.46. The van der Waals surface area contributed by atoms with Gasteiger partial charge in [0.05, 0.1) is 6.04 Å². The molecule has 0 fully saturated rings. The third-order valence-electron chi connectivity index (χ3n) is 3.73. The normalized spacial score (nSPS) is 12.0. The van der Waals surface area contributed by atoms with Gasteiger partial charge in [0, 0.05) is 29.4 Å². The van der Waals surface area contributed by atoms with Crippen LogP contribution in [0.5, 0.6) is 0 Å². The molecule has 4 heteroatoms. The van der Waals surface area contributed by atoms with E-state index in [-0.39, 0.29) is 17.8 Å². The van der Waals surface area contributed by atoms with Gasteiger partial charge in [-0.15, -0.1) is 0 Å². The van der Waals surface area contributed by atoms with Crippen LogP contribution in [0.4, 0.5) is 0 Å². The first-order valence-corrected chi connectivity index (χ1v) is 7.33. The van der Waals surface area contributed by atoms with Crippen molar-refractivity contribution in [3.8, 4) is 0 Å². The lowest BCUT2D eigenvalue weighted by Gasteiger charge is -2.18. The van der Waals surface area contributed by atoms with E-state index in [9.17, 15) is 9.59 Å². The molecular formula is C18H21NO3. The average Bonchev–Trinajstić information content (AvgIpc) is 2.80. The van der Waals surface area contributed by atoms with Crippen LogP contribution in [-0.2, 0) is 9.53 Å². The molecule has 22 heavy (non-hydrogen) atoms. The van der Waals surface area contributed by atoms with Crippen molar-refractivity contribution in [1.29, 1.82) is 0 Å². The Balaban J connectivity index is 2.31. The van der Waals surface area contributed by atoms with Crippen molar-refractivity contribution in [1.82, 2.24) is 4.57 Å². The first-order chi connectivity index (χ1) is 10.4. The number of carbonyl (C=O) groups excluding carboxylic acids is 2. The van der Waals surface area contributed by atoms with Crippen LogP contribution in [0, 0.1) is 13.8 Å². The van der Waals surface area contributed by atoms with Crippen LogP contribution in [0.25, 0.3) is 0 Å². The van der Waals surface area contributed by atoms with Gasteiger partial charge >= 0.3 is 5.97 Å². The lowest BCUT2D eigenvalue weighted by atomic mass is 10.0. The lowest BCUT2D eigenvalue weighted by Crippen LogP contribution is -2.17. The predicted molar refractivity (Wildman–Crippen MR) is 85.1 cm³/mol. The summed E-state index contributed by atoms with van der Waals surface area (Å²) in [5.41, 5.74) is 3.25. The summed E-state index contributed by atoms with van der Waals surface area (Å²) in [6, 6.07) is 11.1. The van der Waals surface area contributed by atoms with E-state index in [0.29, 0.717) is 17.7 Å². The van der Waals surface area contributed by atoms with Crippen molar-refractivity contribution in [2.75, 3.05) is 6.61 Å². The van der Waals surface area contributed by atoms with Crippen LogP contribution in [0.15, 0.2) is 36.4 Å². The maximum atomic E-state index is 12.6. The number of nitrogens with zero attached hydrogens (tertiary/aromatic N) is 1. The van der Waals surface area contributed by atoms with Crippen molar-refractivity contribution >= 4 is 11.8 Å².